The first kappa shape index (κ1) is 19.8. The molecular weight excluding hydrogens is 304 g/mol. The van der Waals surface area contributed by atoms with E-state index < -0.39 is 0 Å². The van der Waals surface area contributed by atoms with Crippen LogP contribution in [0.15, 0.2) is 30.6 Å². The molecule has 0 aliphatic rings. The van der Waals surface area contributed by atoms with E-state index in [4.69, 9.17) is 0 Å². The lowest BCUT2D eigenvalue weighted by atomic mass is 10.1. The number of nitrogens with zero attached hydrogens (tertiary/aromatic N) is 1. The van der Waals surface area contributed by atoms with Crippen LogP contribution in [0, 0.1) is 0 Å². The monoisotopic (exact) mass is 332 g/mol. The van der Waals surface area contributed by atoms with Crippen LogP contribution >= 0.6 is 0 Å². The topological polar surface area (TPSA) is 83.1 Å². The highest BCUT2D eigenvalue weighted by Gasteiger charge is 2.00. The van der Waals surface area contributed by atoms with Gasteiger partial charge in [0.2, 0.25) is 11.8 Å². The maximum Gasteiger partial charge on any atom is 0.243 e. The van der Waals surface area contributed by atoms with Crippen molar-refractivity contribution < 1.29 is 9.59 Å². The van der Waals surface area contributed by atoms with E-state index >= 15 is 0 Å². The van der Waals surface area contributed by atoms with Crippen LogP contribution < -0.4 is 16.2 Å². The van der Waals surface area contributed by atoms with Crippen LogP contribution in [0.3, 0.4) is 0 Å². The van der Waals surface area contributed by atoms with Crippen LogP contribution in [-0.4, -0.2) is 29.9 Å². The van der Waals surface area contributed by atoms with Gasteiger partial charge >= 0.3 is 0 Å². The molecule has 0 saturated carbocycles. The zero-order chi connectivity index (χ0) is 17.5. The van der Waals surface area contributed by atoms with Crippen LogP contribution in [0.1, 0.15) is 51.0 Å². The Morgan fingerprint density at radius 2 is 2.00 bits per heavy atom. The SMILES string of the molecule is CCCNNC(=O)CCCCCCNC(=O)C=Cc1cccnc1. The van der Waals surface area contributed by atoms with E-state index in [1.54, 1.807) is 18.5 Å². The van der Waals surface area contributed by atoms with Crippen molar-refractivity contribution in [1.82, 2.24) is 21.2 Å². The molecule has 1 aromatic rings. The summed E-state index contributed by atoms with van der Waals surface area (Å²) in [5, 5.41) is 2.85. The zero-order valence-electron chi connectivity index (χ0n) is 14.4. The third kappa shape index (κ3) is 10.5. The highest BCUT2D eigenvalue weighted by Crippen LogP contribution is 2.02. The Hall–Kier alpha value is -2.21. The number of aromatic nitrogens is 1. The number of amides is 2. The smallest absolute Gasteiger partial charge is 0.243 e. The average Bonchev–Trinajstić information content (AvgIpc) is 2.60. The molecule has 3 N–H and O–H groups in total. The van der Waals surface area contributed by atoms with Crippen molar-refractivity contribution >= 4 is 17.9 Å². The first-order valence-corrected chi connectivity index (χ1v) is 8.60. The lowest BCUT2D eigenvalue weighted by molar-refractivity contribution is -0.122. The Kier molecular flexibility index (Phi) is 11.0. The summed E-state index contributed by atoms with van der Waals surface area (Å²) in [6, 6.07) is 3.72. The molecule has 0 saturated heterocycles. The number of unbranched alkanes of at least 4 members (excludes halogenated alkanes) is 3. The Balaban J connectivity index is 1.97. The van der Waals surface area contributed by atoms with Gasteiger partial charge in [0.05, 0.1) is 0 Å². The molecule has 132 valence electrons. The Bertz CT molecular complexity index is 503. The van der Waals surface area contributed by atoms with Gasteiger partial charge in [0.1, 0.15) is 0 Å². The van der Waals surface area contributed by atoms with Gasteiger partial charge in [-0.15, -0.1) is 0 Å². The molecule has 0 fully saturated rings. The lowest BCUT2D eigenvalue weighted by Gasteiger charge is -2.06. The second-order valence-corrected chi connectivity index (χ2v) is 5.55. The molecule has 1 rings (SSSR count). The molecule has 2 amide bonds. The van der Waals surface area contributed by atoms with Crippen LogP contribution in [0.2, 0.25) is 0 Å². The lowest BCUT2D eigenvalue weighted by Crippen LogP contribution is -2.37. The van der Waals surface area contributed by atoms with E-state index in [1.165, 1.54) is 6.08 Å². The van der Waals surface area contributed by atoms with E-state index in [1.807, 2.05) is 19.1 Å². The molecule has 0 atom stereocenters. The minimum atomic E-state index is -0.0970. The molecule has 6 heteroatoms. The zero-order valence-corrected chi connectivity index (χ0v) is 14.4. The maximum absolute atomic E-state index is 11.6. The Morgan fingerprint density at radius 1 is 1.17 bits per heavy atom. The first-order chi connectivity index (χ1) is 11.7. The predicted molar refractivity (Wildman–Crippen MR) is 95.8 cm³/mol. The normalized spacial score (nSPS) is 10.7. The van der Waals surface area contributed by atoms with Gasteiger partial charge in [-0.2, -0.15) is 0 Å². The van der Waals surface area contributed by atoms with Crippen LogP contribution in [0.5, 0.6) is 0 Å². The van der Waals surface area contributed by atoms with Crippen molar-refractivity contribution in [3.05, 3.63) is 36.2 Å². The van der Waals surface area contributed by atoms with Crippen molar-refractivity contribution in [2.75, 3.05) is 13.1 Å². The van der Waals surface area contributed by atoms with Gasteiger partial charge in [0, 0.05) is 38.0 Å². The number of rotatable bonds is 12. The van der Waals surface area contributed by atoms with Gasteiger partial charge < -0.3 is 5.32 Å². The van der Waals surface area contributed by atoms with Gasteiger partial charge in [-0.25, -0.2) is 5.43 Å². The molecule has 1 aromatic heterocycles. The molecule has 0 spiro atoms. The van der Waals surface area contributed by atoms with Crippen molar-refractivity contribution in [3.63, 3.8) is 0 Å². The number of carbonyl (C=O) groups is 2. The summed E-state index contributed by atoms with van der Waals surface area (Å²) < 4.78 is 0. The number of hydrogen-bond acceptors (Lipinski definition) is 4. The van der Waals surface area contributed by atoms with Gasteiger partial charge in [-0.1, -0.05) is 25.8 Å². The van der Waals surface area contributed by atoms with Crippen LogP contribution in [0.4, 0.5) is 0 Å². The highest BCUT2D eigenvalue weighted by atomic mass is 16.2. The van der Waals surface area contributed by atoms with Crippen LogP contribution in [0.25, 0.3) is 6.08 Å². The number of hydrogen-bond donors (Lipinski definition) is 3. The highest BCUT2D eigenvalue weighted by molar-refractivity contribution is 5.91. The minimum Gasteiger partial charge on any atom is -0.353 e. The fourth-order valence-electron chi connectivity index (χ4n) is 2.03. The van der Waals surface area contributed by atoms with E-state index in [2.05, 4.69) is 21.2 Å². The number of carbonyl (C=O) groups excluding carboxylic acids is 2. The number of pyridine rings is 1. The summed E-state index contributed by atoms with van der Waals surface area (Å²) in [6.07, 6.45) is 12.0. The summed E-state index contributed by atoms with van der Waals surface area (Å²) in [6.45, 7) is 3.49. The average molecular weight is 332 g/mol. The quantitative estimate of drug-likeness (QED) is 0.311. The summed E-state index contributed by atoms with van der Waals surface area (Å²) >= 11 is 0. The molecule has 0 bridgehead atoms. The molecular formula is C18H28N4O2. The predicted octanol–water partition coefficient (Wildman–Crippen LogP) is 2.19. The summed E-state index contributed by atoms with van der Waals surface area (Å²) in [5.41, 5.74) is 6.45. The van der Waals surface area contributed by atoms with Crippen molar-refractivity contribution in [1.29, 1.82) is 0 Å². The molecule has 24 heavy (non-hydrogen) atoms. The van der Waals surface area contributed by atoms with Crippen molar-refractivity contribution in [2.24, 2.45) is 0 Å². The van der Waals surface area contributed by atoms with Gasteiger partial charge in [-0.05, 0) is 37.0 Å². The molecule has 0 aliphatic heterocycles. The fraction of sp³-hybridized carbons (Fsp3) is 0.500. The van der Waals surface area contributed by atoms with E-state index in [9.17, 15) is 9.59 Å². The fourth-order valence-corrected chi connectivity index (χ4v) is 2.03. The Morgan fingerprint density at radius 3 is 2.75 bits per heavy atom. The summed E-state index contributed by atoms with van der Waals surface area (Å²) in [4.78, 5) is 27.1. The van der Waals surface area contributed by atoms with Crippen LogP contribution in [-0.2, 0) is 9.59 Å². The van der Waals surface area contributed by atoms with E-state index in [0.717, 1.165) is 44.2 Å². The Labute approximate surface area is 144 Å². The molecule has 0 radical (unpaired) electrons. The van der Waals surface area contributed by atoms with Gasteiger partial charge in [-0.3, -0.25) is 20.0 Å². The third-order valence-electron chi connectivity index (χ3n) is 3.34. The standard InChI is InChI=1S/C18H28N4O2/c1-2-12-21-22-18(24)9-5-3-4-6-14-20-17(23)11-10-16-8-7-13-19-15-16/h7-8,10-11,13,15,21H,2-6,9,12,14H2,1H3,(H,20,23)(H,22,24). The molecule has 0 aromatic carbocycles. The molecule has 0 aliphatic carbocycles. The van der Waals surface area contributed by atoms with Crippen molar-refractivity contribution in [3.8, 4) is 0 Å². The van der Waals surface area contributed by atoms with Gasteiger partial charge in [0.15, 0.2) is 0 Å². The maximum atomic E-state index is 11.6. The van der Waals surface area contributed by atoms with E-state index in [-0.39, 0.29) is 11.8 Å². The number of hydrazine groups is 1. The molecule has 1 heterocycles. The second kappa shape index (κ2) is 13.2. The van der Waals surface area contributed by atoms with Crippen molar-refractivity contribution in [2.45, 2.75) is 45.4 Å². The minimum absolute atomic E-state index is 0.0392. The summed E-state index contributed by atoms with van der Waals surface area (Å²) in [5.74, 6) is -0.0579. The van der Waals surface area contributed by atoms with Gasteiger partial charge in [0.25, 0.3) is 0 Å². The first-order valence-electron chi connectivity index (χ1n) is 8.60. The largest absolute Gasteiger partial charge is 0.353 e. The molecule has 0 unspecified atom stereocenters. The third-order valence-corrected chi connectivity index (χ3v) is 3.34. The second-order valence-electron chi connectivity index (χ2n) is 5.55. The molecule has 6 nitrogen and oxygen atoms in total. The van der Waals surface area contributed by atoms with E-state index in [0.29, 0.717) is 13.0 Å². The summed E-state index contributed by atoms with van der Waals surface area (Å²) in [7, 11) is 0. The number of nitrogens with one attached hydrogen (secondary N) is 3.